The molecule has 1 aliphatic carbocycles. The van der Waals surface area contributed by atoms with E-state index in [4.69, 9.17) is 15.3 Å². The third kappa shape index (κ3) is 1.64. The second kappa shape index (κ2) is 3.38. The molecule has 1 rings (SSSR count). The van der Waals surface area contributed by atoms with Crippen molar-refractivity contribution in [2.24, 2.45) is 5.92 Å². The second-order valence-electron chi connectivity index (χ2n) is 2.71. The summed E-state index contributed by atoms with van der Waals surface area (Å²) in [5, 5.41) is 16.1. The summed E-state index contributed by atoms with van der Waals surface area (Å²) in [6, 6.07) is 0. The normalized spacial score (nSPS) is 23.2. The SMILES string of the molecule is COC1=CCC(=N)CC1C(=O)O. The molecule has 0 aliphatic heterocycles. The van der Waals surface area contributed by atoms with Gasteiger partial charge in [0.2, 0.25) is 0 Å². The van der Waals surface area contributed by atoms with Crippen LogP contribution in [0.3, 0.4) is 0 Å². The monoisotopic (exact) mass is 169 g/mol. The lowest BCUT2D eigenvalue weighted by atomic mass is 9.92. The summed E-state index contributed by atoms with van der Waals surface area (Å²) in [5.41, 5.74) is 0.447. The van der Waals surface area contributed by atoms with E-state index in [0.717, 1.165) is 0 Å². The van der Waals surface area contributed by atoms with Crippen LogP contribution >= 0.6 is 0 Å². The van der Waals surface area contributed by atoms with Crippen molar-refractivity contribution < 1.29 is 14.6 Å². The van der Waals surface area contributed by atoms with Crippen molar-refractivity contribution in [1.29, 1.82) is 5.41 Å². The third-order valence-electron chi connectivity index (χ3n) is 1.88. The first kappa shape index (κ1) is 8.77. The Morgan fingerprint density at radius 3 is 3.00 bits per heavy atom. The van der Waals surface area contributed by atoms with Crippen LogP contribution in [0.15, 0.2) is 11.8 Å². The largest absolute Gasteiger partial charge is 0.501 e. The highest BCUT2D eigenvalue weighted by Gasteiger charge is 2.27. The summed E-state index contributed by atoms with van der Waals surface area (Å²) in [7, 11) is 1.46. The standard InChI is InChI=1S/C8H11NO3/c1-12-7-3-2-5(9)4-6(7)8(10)11/h3,6,9H,2,4H2,1H3,(H,10,11). The van der Waals surface area contributed by atoms with Gasteiger partial charge in [-0.05, 0) is 6.08 Å². The molecule has 0 saturated carbocycles. The molecule has 0 saturated heterocycles. The van der Waals surface area contributed by atoms with Crippen molar-refractivity contribution >= 4 is 11.7 Å². The van der Waals surface area contributed by atoms with Crippen LogP contribution in [0.1, 0.15) is 12.8 Å². The number of allylic oxidation sites excluding steroid dienone is 1. The van der Waals surface area contributed by atoms with Gasteiger partial charge in [-0.15, -0.1) is 0 Å². The summed E-state index contributed by atoms with van der Waals surface area (Å²) < 4.78 is 4.90. The van der Waals surface area contributed by atoms with Crippen LogP contribution < -0.4 is 0 Å². The quantitative estimate of drug-likeness (QED) is 0.648. The first-order valence-corrected chi connectivity index (χ1v) is 3.68. The molecule has 1 unspecified atom stereocenters. The number of aliphatic carboxylic acids is 1. The van der Waals surface area contributed by atoms with Gasteiger partial charge in [-0.1, -0.05) is 0 Å². The summed E-state index contributed by atoms with van der Waals surface area (Å²) in [6.07, 6.45) is 2.44. The minimum atomic E-state index is -0.924. The Morgan fingerprint density at radius 2 is 2.50 bits per heavy atom. The van der Waals surface area contributed by atoms with Gasteiger partial charge in [0, 0.05) is 18.6 Å². The second-order valence-corrected chi connectivity index (χ2v) is 2.71. The van der Waals surface area contributed by atoms with Crippen LogP contribution in [0.5, 0.6) is 0 Å². The zero-order valence-electron chi connectivity index (χ0n) is 6.83. The van der Waals surface area contributed by atoms with Gasteiger partial charge in [-0.3, -0.25) is 4.79 Å². The van der Waals surface area contributed by atoms with E-state index in [0.29, 0.717) is 17.9 Å². The molecule has 0 spiro atoms. The molecule has 1 atom stereocenters. The lowest BCUT2D eigenvalue weighted by Crippen LogP contribution is -2.23. The summed E-state index contributed by atoms with van der Waals surface area (Å²) in [6.45, 7) is 0. The van der Waals surface area contributed by atoms with Crippen LogP contribution in [0.25, 0.3) is 0 Å². The fourth-order valence-corrected chi connectivity index (χ4v) is 1.23. The van der Waals surface area contributed by atoms with E-state index in [-0.39, 0.29) is 6.42 Å². The molecule has 0 radical (unpaired) electrons. The molecule has 0 heterocycles. The average molecular weight is 169 g/mol. The van der Waals surface area contributed by atoms with Crippen LogP contribution in [0.4, 0.5) is 0 Å². The van der Waals surface area contributed by atoms with Crippen LogP contribution in [-0.4, -0.2) is 23.9 Å². The first-order chi connectivity index (χ1) is 5.65. The molecule has 0 aromatic rings. The van der Waals surface area contributed by atoms with Gasteiger partial charge < -0.3 is 15.3 Å². The lowest BCUT2D eigenvalue weighted by Gasteiger charge is -2.19. The molecule has 4 heteroatoms. The van der Waals surface area contributed by atoms with E-state index in [2.05, 4.69) is 0 Å². The fourth-order valence-electron chi connectivity index (χ4n) is 1.23. The summed E-state index contributed by atoms with van der Waals surface area (Å²) in [4.78, 5) is 10.7. The van der Waals surface area contributed by atoms with Gasteiger partial charge in [0.1, 0.15) is 11.7 Å². The Hall–Kier alpha value is -1.32. The van der Waals surface area contributed by atoms with Gasteiger partial charge in [0.05, 0.1) is 7.11 Å². The Bertz CT molecular complexity index is 245. The number of hydrogen-bond donors (Lipinski definition) is 2. The molecule has 0 aromatic heterocycles. The molecular formula is C8H11NO3. The maximum absolute atomic E-state index is 10.7. The predicted octanol–water partition coefficient (Wildman–Crippen LogP) is 1.03. The molecule has 0 amide bonds. The highest BCUT2D eigenvalue weighted by Crippen LogP contribution is 2.23. The summed E-state index contributed by atoms with van der Waals surface area (Å²) in [5.74, 6) is -1.11. The van der Waals surface area contributed by atoms with Gasteiger partial charge in [-0.2, -0.15) is 0 Å². The number of hydrogen-bond acceptors (Lipinski definition) is 3. The Morgan fingerprint density at radius 1 is 1.83 bits per heavy atom. The number of carbonyl (C=O) groups is 1. The van der Waals surface area contributed by atoms with Crippen molar-refractivity contribution in [3.8, 4) is 0 Å². The minimum absolute atomic E-state index is 0.273. The van der Waals surface area contributed by atoms with E-state index in [1.54, 1.807) is 6.08 Å². The van der Waals surface area contributed by atoms with Gasteiger partial charge in [0.25, 0.3) is 0 Å². The Labute approximate surface area is 70.4 Å². The van der Waals surface area contributed by atoms with Crippen LogP contribution in [0, 0.1) is 11.3 Å². The van der Waals surface area contributed by atoms with Crippen molar-refractivity contribution in [3.05, 3.63) is 11.8 Å². The van der Waals surface area contributed by atoms with Crippen molar-refractivity contribution in [2.75, 3.05) is 7.11 Å². The molecule has 4 nitrogen and oxygen atoms in total. The molecule has 1 aliphatic rings. The lowest BCUT2D eigenvalue weighted by molar-refractivity contribution is -0.141. The van der Waals surface area contributed by atoms with Crippen molar-refractivity contribution in [1.82, 2.24) is 0 Å². The fraction of sp³-hybridized carbons (Fsp3) is 0.500. The number of carboxylic acids is 1. The zero-order valence-corrected chi connectivity index (χ0v) is 6.83. The van der Waals surface area contributed by atoms with E-state index < -0.39 is 11.9 Å². The zero-order chi connectivity index (χ0) is 9.14. The third-order valence-corrected chi connectivity index (χ3v) is 1.88. The van der Waals surface area contributed by atoms with Gasteiger partial charge in [-0.25, -0.2) is 0 Å². The highest BCUT2D eigenvalue weighted by atomic mass is 16.5. The molecular weight excluding hydrogens is 158 g/mol. The number of ether oxygens (including phenoxy) is 1. The Kier molecular flexibility index (Phi) is 2.47. The van der Waals surface area contributed by atoms with E-state index in [1.807, 2.05) is 0 Å². The highest BCUT2D eigenvalue weighted by molar-refractivity contribution is 5.89. The van der Waals surface area contributed by atoms with E-state index >= 15 is 0 Å². The minimum Gasteiger partial charge on any atom is -0.501 e. The number of carboxylic acid groups (broad SMARTS) is 1. The van der Waals surface area contributed by atoms with Crippen LogP contribution in [-0.2, 0) is 9.53 Å². The summed E-state index contributed by atoms with van der Waals surface area (Å²) >= 11 is 0. The van der Waals surface area contributed by atoms with Crippen LogP contribution in [0.2, 0.25) is 0 Å². The molecule has 0 fully saturated rings. The predicted molar refractivity (Wildman–Crippen MR) is 43.2 cm³/mol. The average Bonchev–Trinajstić information content (AvgIpc) is 2.04. The van der Waals surface area contributed by atoms with Gasteiger partial charge >= 0.3 is 5.97 Å². The van der Waals surface area contributed by atoms with Crippen molar-refractivity contribution in [2.45, 2.75) is 12.8 Å². The van der Waals surface area contributed by atoms with E-state index in [1.165, 1.54) is 7.11 Å². The van der Waals surface area contributed by atoms with Crippen molar-refractivity contribution in [3.63, 3.8) is 0 Å². The van der Waals surface area contributed by atoms with E-state index in [9.17, 15) is 4.79 Å². The number of rotatable bonds is 2. The molecule has 2 N–H and O–H groups in total. The smallest absolute Gasteiger partial charge is 0.314 e. The first-order valence-electron chi connectivity index (χ1n) is 3.68. The molecule has 66 valence electrons. The maximum atomic E-state index is 10.7. The molecule has 0 aromatic carbocycles. The molecule has 12 heavy (non-hydrogen) atoms. The topological polar surface area (TPSA) is 70.4 Å². The maximum Gasteiger partial charge on any atom is 0.314 e. The Balaban J connectivity index is 2.82. The number of nitrogens with one attached hydrogen (secondary N) is 1. The number of methoxy groups -OCH3 is 1. The van der Waals surface area contributed by atoms with Gasteiger partial charge in [0.15, 0.2) is 0 Å². The molecule has 0 bridgehead atoms.